The van der Waals surface area contributed by atoms with Crippen LogP contribution in [0, 0.1) is 5.41 Å². The first-order valence-corrected chi connectivity index (χ1v) is 10.2. The van der Waals surface area contributed by atoms with E-state index in [2.05, 4.69) is 0 Å². The summed E-state index contributed by atoms with van der Waals surface area (Å²) in [5, 5.41) is 7.96. The number of carbonyl (C=O) groups is 1. The van der Waals surface area contributed by atoms with E-state index in [9.17, 15) is 21.6 Å². The van der Waals surface area contributed by atoms with Gasteiger partial charge in [-0.2, -0.15) is 16.8 Å². The smallest absolute Gasteiger partial charge is 0.619 e. The third kappa shape index (κ3) is 2.80. The fourth-order valence-electron chi connectivity index (χ4n) is 2.66. The molecule has 2 aromatic rings. The van der Waals surface area contributed by atoms with Crippen molar-refractivity contribution in [2.45, 2.75) is 9.79 Å². The third-order valence-electron chi connectivity index (χ3n) is 3.78. The van der Waals surface area contributed by atoms with E-state index in [1.54, 1.807) is 0 Å². The van der Waals surface area contributed by atoms with Crippen LogP contribution in [0.3, 0.4) is 0 Å². The molecule has 0 saturated carbocycles. The topological polar surface area (TPSA) is 146 Å². The van der Waals surface area contributed by atoms with Gasteiger partial charge in [0.1, 0.15) is 9.79 Å². The highest BCUT2D eigenvalue weighted by molar-refractivity contribution is 7.89. The van der Waals surface area contributed by atoms with Crippen molar-refractivity contribution in [2.24, 2.45) is 0 Å². The highest BCUT2D eigenvalue weighted by Gasteiger charge is 2.53. The largest absolute Gasteiger partial charge is 0.683 e. The van der Waals surface area contributed by atoms with Gasteiger partial charge in [0.15, 0.2) is 5.90 Å². The van der Waals surface area contributed by atoms with E-state index in [0.29, 0.717) is 0 Å². The van der Waals surface area contributed by atoms with Gasteiger partial charge >= 0.3 is 6.96 Å². The Morgan fingerprint density at radius 2 is 1.22 bits per heavy atom. The molecule has 2 aliphatic heterocycles. The highest BCUT2D eigenvalue weighted by atomic mass is 32.2. The minimum absolute atomic E-state index is 0.213. The summed E-state index contributed by atoms with van der Waals surface area (Å²) in [7, 11) is -9.43. The molecule has 0 saturated heterocycles. The molecule has 1 spiro atoms. The predicted molar refractivity (Wildman–Crippen MR) is 88.5 cm³/mol. The standard InChI is InChI=1S/C14H9BNO9S2/c16-13-9-5-1-3-7-11(9)26(18,19)24-15(22-13)23-14(17)10-6-2-4-8-12(10)27(20,21)25-15/h1-8,16H/q-1. The summed E-state index contributed by atoms with van der Waals surface area (Å²) in [5.74, 6) is -2.05. The third-order valence-corrected chi connectivity index (χ3v) is 6.55. The zero-order valence-corrected chi connectivity index (χ0v) is 14.8. The first-order chi connectivity index (χ1) is 12.6. The van der Waals surface area contributed by atoms with Crippen LogP contribution >= 0.6 is 0 Å². The molecule has 0 fully saturated rings. The van der Waals surface area contributed by atoms with E-state index in [4.69, 9.17) is 22.9 Å². The molecule has 0 aromatic heterocycles. The number of nitrogens with one attached hydrogen (secondary N) is 1. The van der Waals surface area contributed by atoms with Crippen LogP contribution in [0.2, 0.25) is 0 Å². The number of hydrogen-bond acceptors (Lipinski definition) is 10. The summed E-state index contributed by atoms with van der Waals surface area (Å²) in [4.78, 5) is 11.4. The second-order valence-electron chi connectivity index (χ2n) is 5.52. The Bertz CT molecular complexity index is 1110. The molecule has 0 aliphatic carbocycles. The molecule has 2 aliphatic rings. The van der Waals surface area contributed by atoms with Crippen molar-refractivity contribution in [3.05, 3.63) is 59.7 Å². The highest BCUT2D eigenvalue weighted by Crippen LogP contribution is 2.35. The van der Waals surface area contributed by atoms with Gasteiger partial charge in [-0.1, -0.05) is 24.3 Å². The Hall–Kier alpha value is -2.74. The number of carbonyl (C=O) groups excluding carboxylic acids is 1. The normalized spacial score (nSPS) is 25.3. The molecule has 27 heavy (non-hydrogen) atoms. The van der Waals surface area contributed by atoms with Gasteiger partial charge in [0, 0.05) is 0 Å². The fraction of sp³-hybridized carbons (Fsp3) is 0. The van der Waals surface area contributed by atoms with Crippen LogP contribution in [0.1, 0.15) is 15.9 Å². The maximum atomic E-state index is 12.6. The molecule has 0 bridgehead atoms. The van der Waals surface area contributed by atoms with E-state index >= 15 is 0 Å². The minimum atomic E-state index is -4.73. The average Bonchev–Trinajstić information content (AvgIpc) is 2.72. The molecule has 4 rings (SSSR count). The quantitative estimate of drug-likeness (QED) is 0.622. The second-order valence-corrected chi connectivity index (χ2v) is 8.60. The van der Waals surface area contributed by atoms with Crippen LogP contribution in [-0.4, -0.2) is 35.7 Å². The van der Waals surface area contributed by atoms with Crippen molar-refractivity contribution in [1.29, 1.82) is 5.41 Å². The maximum absolute atomic E-state index is 12.6. The number of benzene rings is 2. The lowest BCUT2D eigenvalue weighted by molar-refractivity contribution is 0.0509. The van der Waals surface area contributed by atoms with Crippen molar-refractivity contribution in [3.8, 4) is 0 Å². The van der Waals surface area contributed by atoms with Gasteiger partial charge in [0.05, 0.1) is 11.1 Å². The molecule has 13 heteroatoms. The van der Waals surface area contributed by atoms with E-state index < -0.39 is 54.4 Å². The van der Waals surface area contributed by atoms with Crippen LogP contribution in [0.25, 0.3) is 0 Å². The van der Waals surface area contributed by atoms with E-state index in [1.807, 2.05) is 0 Å². The first-order valence-electron chi connectivity index (χ1n) is 7.37. The molecule has 2 aromatic carbocycles. The molecule has 0 radical (unpaired) electrons. The zero-order valence-electron chi connectivity index (χ0n) is 13.2. The monoisotopic (exact) mass is 410 g/mol. The Labute approximate surface area is 153 Å². The molecular weight excluding hydrogens is 401 g/mol. The number of rotatable bonds is 0. The SMILES string of the molecule is N=C1O[B-]2(OC(=O)c3ccccc3S(=O)(=O)O2)OS(=O)(=O)c2ccccc21. The van der Waals surface area contributed by atoms with Crippen LogP contribution in [0.4, 0.5) is 0 Å². The molecule has 1 unspecified atom stereocenters. The van der Waals surface area contributed by atoms with Gasteiger partial charge in [0.25, 0.3) is 26.2 Å². The molecule has 1 atom stereocenters. The number of hydrogen-bond donors (Lipinski definition) is 1. The predicted octanol–water partition coefficient (Wildman–Crippen LogP) is 0.759. The zero-order chi connectivity index (χ0) is 19.4. The average molecular weight is 410 g/mol. The summed E-state index contributed by atoms with van der Waals surface area (Å²) in [6.45, 7) is -4.19. The van der Waals surface area contributed by atoms with Crippen molar-refractivity contribution in [2.75, 3.05) is 0 Å². The maximum Gasteiger partial charge on any atom is 0.683 e. The van der Waals surface area contributed by atoms with E-state index in [-0.39, 0.29) is 5.56 Å². The van der Waals surface area contributed by atoms with Gasteiger partial charge in [-0.05, 0) is 24.3 Å². The van der Waals surface area contributed by atoms with Crippen molar-refractivity contribution in [1.82, 2.24) is 0 Å². The molecule has 10 nitrogen and oxygen atoms in total. The van der Waals surface area contributed by atoms with Gasteiger partial charge < -0.3 is 17.5 Å². The minimum Gasteiger partial charge on any atom is -0.619 e. The lowest BCUT2D eigenvalue weighted by atomic mass is 10.1. The van der Waals surface area contributed by atoms with Crippen molar-refractivity contribution < 1.29 is 39.1 Å². The summed E-state index contributed by atoms with van der Waals surface area (Å²) in [6.07, 6.45) is 0. The van der Waals surface area contributed by atoms with E-state index in [1.165, 1.54) is 30.3 Å². The Balaban J connectivity index is 1.91. The molecule has 2 heterocycles. The summed E-state index contributed by atoms with van der Waals surface area (Å²) in [5.41, 5.74) is -0.607. The molecule has 1 N–H and O–H groups in total. The first kappa shape index (κ1) is 17.7. The Kier molecular flexibility index (Phi) is 3.68. The van der Waals surface area contributed by atoms with Gasteiger partial charge in [-0.15, -0.1) is 0 Å². The van der Waals surface area contributed by atoms with Gasteiger partial charge in [0.2, 0.25) is 0 Å². The molecule has 0 amide bonds. The van der Waals surface area contributed by atoms with Crippen LogP contribution in [0.5, 0.6) is 0 Å². The lowest BCUT2D eigenvalue weighted by Gasteiger charge is -2.35. The van der Waals surface area contributed by atoms with Crippen LogP contribution in [0.15, 0.2) is 58.3 Å². The fourth-order valence-corrected chi connectivity index (χ4v) is 5.12. The van der Waals surface area contributed by atoms with Gasteiger partial charge in [-0.25, -0.2) is 0 Å². The Morgan fingerprint density at radius 1 is 0.741 bits per heavy atom. The summed E-state index contributed by atoms with van der Waals surface area (Å²) < 4.78 is 69.7. The lowest BCUT2D eigenvalue weighted by Crippen LogP contribution is -2.51. The molecule has 140 valence electrons. The summed E-state index contributed by atoms with van der Waals surface area (Å²) in [6, 6.07) is 10.1. The molecular formula is C14H9BNO9S2-. The van der Waals surface area contributed by atoms with Crippen LogP contribution in [-0.2, 0) is 37.7 Å². The van der Waals surface area contributed by atoms with E-state index in [0.717, 1.165) is 18.2 Å². The number of fused-ring (bicyclic) bond motifs is 2. The van der Waals surface area contributed by atoms with Crippen LogP contribution < -0.4 is 0 Å². The van der Waals surface area contributed by atoms with Crippen molar-refractivity contribution >= 4 is 39.1 Å². The second kappa shape index (κ2) is 5.63. The van der Waals surface area contributed by atoms with Crippen molar-refractivity contribution in [3.63, 3.8) is 0 Å². The Morgan fingerprint density at radius 3 is 1.81 bits per heavy atom. The summed E-state index contributed by atoms with van der Waals surface area (Å²) >= 11 is 0. The van der Waals surface area contributed by atoms with Gasteiger partial charge in [-0.3, -0.25) is 10.2 Å².